The number of alkyl carbamates (subject to hydrolysis) is 1. The van der Waals surface area contributed by atoms with Gasteiger partial charge in [0, 0.05) is 107 Å². The molecule has 0 aliphatic heterocycles. The van der Waals surface area contributed by atoms with Gasteiger partial charge in [0.05, 0.1) is 49.5 Å². The summed E-state index contributed by atoms with van der Waals surface area (Å²) in [6.07, 6.45) is 12.4. The van der Waals surface area contributed by atoms with E-state index in [4.69, 9.17) is 78.0 Å². The highest BCUT2D eigenvalue weighted by Gasteiger charge is 2.22. The van der Waals surface area contributed by atoms with Crippen molar-refractivity contribution < 1.29 is 105 Å². The van der Waals surface area contributed by atoms with E-state index in [2.05, 4.69) is 52.9 Å². The summed E-state index contributed by atoms with van der Waals surface area (Å²) in [5, 5.41) is 87.4. The molecule has 0 saturated heterocycles. The number of amides is 1. The van der Waals surface area contributed by atoms with Crippen LogP contribution in [-0.2, 0) is 30.4 Å². The standard InChI is InChI=1S/C21H29FN2O4.C16H21FN2O2.C13H17NO2.C12H15NO2.C8H9NO4.C8H11NO2.C7H7NO4.C7H8O2/c1-6-7-8-18-24-16-9-10-17(14(2)19(16)27-18)26-13-15(11-22)12-23-20(25)28-21(3,4)5;1-3-4-5-15-19-13-6-7-14(11(2)16(13)21-15)20-10-12(8-17)9-18;1-4-5-6-12-14-10-7-8-11(15-3)9(2)13(10)16-12;1-3-4-5-11-13-9-6-7-10(14)8(2)12(9)15-11;1-5-7(13-2)4-3-6(8(5)10)9(11)12;1-5-7(11-2)4-3-6(9)8(5)10;1-4-6(9)3-2-5(7(4)10)8(11)12;1-5-6(8)3-2-4-7(5)9/h9-11H,6-8,12-13H2,1-5H3,(H,23,25);6-8H,3-5,9-10,18H2,1-2H3;7-8H,4-6H2,1-3H3;6-7,14H,3-5H2,1-2H3;3-4,10H,1-2H3;3-4,10H,9H2,1-2H3;2-3,9-10H,1H3;2-4,8-9H,1H3/b15-11+;12-8+;;;;;;. The van der Waals surface area contributed by atoms with Crippen LogP contribution < -0.4 is 40.5 Å². The summed E-state index contributed by atoms with van der Waals surface area (Å²) in [5.41, 5.74) is 22.1. The zero-order valence-corrected chi connectivity index (χ0v) is 74.1. The van der Waals surface area contributed by atoms with Crippen molar-refractivity contribution in [2.75, 3.05) is 53.4 Å². The third kappa shape index (κ3) is 30.2. The van der Waals surface area contributed by atoms with Crippen molar-refractivity contribution in [2.24, 2.45) is 5.73 Å². The average Bonchev–Trinajstić information content (AvgIpc) is 1.94. The number of oxazole rings is 4. The molecule has 8 aromatic carbocycles. The van der Waals surface area contributed by atoms with Gasteiger partial charge in [0.25, 0.3) is 0 Å². The fourth-order valence-electron chi connectivity index (χ4n) is 11.4. The van der Waals surface area contributed by atoms with Crippen LogP contribution in [0.2, 0.25) is 0 Å². The van der Waals surface area contributed by atoms with E-state index in [-0.39, 0.29) is 77.6 Å². The monoisotopic (exact) mass is 1740 g/mol. The van der Waals surface area contributed by atoms with E-state index in [1.165, 1.54) is 44.4 Å². The third-order valence-electron chi connectivity index (χ3n) is 18.9. The van der Waals surface area contributed by atoms with Gasteiger partial charge in [-0.25, -0.2) is 33.5 Å². The van der Waals surface area contributed by atoms with E-state index < -0.39 is 33.0 Å². The van der Waals surface area contributed by atoms with E-state index in [0.29, 0.717) is 80.7 Å². The normalized spacial score (nSPS) is 11.0. The van der Waals surface area contributed by atoms with E-state index >= 15 is 0 Å². The van der Waals surface area contributed by atoms with Crippen LogP contribution in [0.4, 0.5) is 30.6 Å². The van der Waals surface area contributed by atoms with E-state index in [9.17, 15) is 49.1 Å². The molecule has 12 rings (SSSR count). The van der Waals surface area contributed by atoms with Gasteiger partial charge in [-0.15, -0.1) is 0 Å². The SMILES string of the molecule is CCCCc1nc2ccc(O)c(C)c2o1.CCCCc1nc2ccc(OC)c(C)c2o1.CCCCc1nc2ccc(OC/C(=C/F)CN)c(C)c2o1.CCCCc1nc2ccc(OC/C(=C/F)CNC(=O)OC(C)(C)C)c(C)c2o1.COc1ccc(N)c(O)c1C.COc1ccc([N+](=O)[O-])c(O)c1C.Cc1c(O)ccc([N+](=O)[O-])c1O.Cc1c(O)cccc1O. The summed E-state index contributed by atoms with van der Waals surface area (Å²) in [5.74, 6) is 5.88. The smallest absolute Gasteiger partial charge is 0.407 e. The first-order valence-corrected chi connectivity index (χ1v) is 40.4. The summed E-state index contributed by atoms with van der Waals surface area (Å²) in [4.78, 5) is 48.8. The van der Waals surface area contributed by atoms with Crippen LogP contribution in [0.15, 0.2) is 145 Å². The number of fused-ring (bicyclic) bond motifs is 4. The second-order valence-corrected chi connectivity index (χ2v) is 29.5. The maximum atomic E-state index is 13.2. The Bertz CT molecular complexity index is 5570. The van der Waals surface area contributed by atoms with Crippen molar-refractivity contribution in [3.8, 4) is 69.0 Å². The molecule has 0 bridgehead atoms. The molecule has 0 aliphatic carbocycles. The number of rotatable bonds is 26. The van der Waals surface area contributed by atoms with Crippen molar-refractivity contribution in [3.05, 3.63) is 215 Å². The second-order valence-electron chi connectivity index (χ2n) is 29.5. The fraction of sp³-hybridized carbons (Fsp3) is 0.380. The molecule has 1 amide bonds. The number of nitrogens with zero attached hydrogens (tertiary/aromatic N) is 6. The number of halogens is 2. The van der Waals surface area contributed by atoms with Crippen LogP contribution in [0, 0.1) is 75.6 Å². The maximum Gasteiger partial charge on any atom is 0.407 e. The maximum absolute atomic E-state index is 13.2. The third-order valence-corrected chi connectivity index (χ3v) is 18.9. The number of aromatic nitrogens is 4. The first kappa shape index (κ1) is 102. The number of nitrogens with two attached hydrogens (primary N) is 2. The number of methoxy groups -OCH3 is 3. The molecule has 0 fully saturated rings. The van der Waals surface area contributed by atoms with Crippen LogP contribution in [0.1, 0.15) is 168 Å². The number of aryl methyl sites for hydroxylation is 8. The Hall–Kier alpha value is -13.6. The minimum Gasteiger partial charge on any atom is -0.508 e. The Kier molecular flexibility index (Phi) is 40.9. The molecule has 0 saturated carbocycles. The van der Waals surface area contributed by atoms with Gasteiger partial charge < -0.3 is 98.6 Å². The van der Waals surface area contributed by atoms with Gasteiger partial charge in [-0.3, -0.25) is 20.2 Å². The predicted octanol–water partition coefficient (Wildman–Crippen LogP) is 21.2. The topological polar surface area (TPSA) is 469 Å². The molecule has 12 aromatic rings. The van der Waals surface area contributed by atoms with Crippen molar-refractivity contribution in [1.82, 2.24) is 25.3 Å². The minimum atomic E-state index is -0.707. The lowest BCUT2D eigenvalue weighted by Crippen LogP contribution is -2.34. The highest BCUT2D eigenvalue weighted by atomic mass is 19.1. The number of hydrogen-bond acceptors (Lipinski definition) is 28. The molecule has 33 heteroatoms. The van der Waals surface area contributed by atoms with Crippen LogP contribution in [0.5, 0.6) is 69.0 Å². The number of unbranched alkanes of at least 4 members (excludes halogenated alkanes) is 4. The number of carbonyl (C=O) groups excluding carboxylic acids is 1. The first-order valence-electron chi connectivity index (χ1n) is 40.4. The molecule has 4 aromatic heterocycles. The molecular formula is C92H117F2N9O22. The summed E-state index contributed by atoms with van der Waals surface area (Å²) in [6.45, 7) is 28.1. The number of nitro benzene ring substituents is 2. The van der Waals surface area contributed by atoms with Crippen LogP contribution in [-0.4, -0.2) is 125 Å². The number of hydrogen-bond donors (Lipinski definition) is 10. The van der Waals surface area contributed by atoms with Crippen molar-refractivity contribution >= 4 is 67.6 Å². The van der Waals surface area contributed by atoms with Gasteiger partial charge >= 0.3 is 17.5 Å². The van der Waals surface area contributed by atoms with Crippen molar-refractivity contribution in [1.29, 1.82) is 0 Å². The zero-order valence-electron chi connectivity index (χ0n) is 74.1. The number of nitro groups is 2. The van der Waals surface area contributed by atoms with Gasteiger partial charge in [-0.1, -0.05) is 59.4 Å². The van der Waals surface area contributed by atoms with Crippen LogP contribution >= 0.6 is 0 Å². The summed E-state index contributed by atoms with van der Waals surface area (Å²) >= 11 is 0. The van der Waals surface area contributed by atoms with E-state index in [1.54, 1.807) is 92.2 Å². The highest BCUT2D eigenvalue weighted by Crippen LogP contribution is 2.38. The molecule has 0 spiro atoms. The molecule has 0 radical (unpaired) electrons. The molecule has 12 N–H and O–H groups in total. The van der Waals surface area contributed by atoms with Gasteiger partial charge in [0.1, 0.15) is 98.4 Å². The Morgan fingerprint density at radius 2 is 0.768 bits per heavy atom. The van der Waals surface area contributed by atoms with Gasteiger partial charge in [-0.05, 0) is 187 Å². The number of phenols is 7. The molecule has 0 aliphatic rings. The molecule has 0 unspecified atom stereocenters. The molecule has 4 heterocycles. The van der Waals surface area contributed by atoms with E-state index in [0.717, 1.165) is 162 Å². The highest BCUT2D eigenvalue weighted by molar-refractivity contribution is 5.81. The Labute approximate surface area is 724 Å². The number of benzene rings is 8. The molecule has 31 nitrogen and oxygen atoms in total. The summed E-state index contributed by atoms with van der Waals surface area (Å²) in [7, 11) is 4.66. The number of carbonyl (C=O) groups is 1. The quantitative estimate of drug-likeness (QED) is 0.0104. The van der Waals surface area contributed by atoms with Crippen molar-refractivity contribution in [2.45, 2.75) is 187 Å². The average molecular weight is 1740 g/mol. The van der Waals surface area contributed by atoms with Crippen LogP contribution in [0.25, 0.3) is 44.4 Å². The van der Waals surface area contributed by atoms with E-state index in [1.807, 2.05) is 58.0 Å². The number of nitrogen functional groups attached to an aromatic ring is 1. The lowest BCUT2D eigenvalue weighted by atomic mass is 10.2. The Morgan fingerprint density at radius 1 is 0.448 bits per heavy atom. The zero-order chi connectivity index (χ0) is 92.9. The lowest BCUT2D eigenvalue weighted by molar-refractivity contribution is -0.386. The Balaban J connectivity index is 0.000000260. The molecule has 0 atom stereocenters. The van der Waals surface area contributed by atoms with Gasteiger partial charge in [0.15, 0.2) is 45.9 Å². The number of ether oxygens (including phenoxy) is 6. The number of aromatic hydroxyl groups is 7. The first-order chi connectivity index (χ1) is 59.4. The lowest BCUT2D eigenvalue weighted by Gasteiger charge is -2.20. The predicted molar refractivity (Wildman–Crippen MR) is 476 cm³/mol. The molecular weight excluding hydrogens is 1620 g/mol. The number of nitrogens with one attached hydrogen (secondary N) is 1. The van der Waals surface area contributed by atoms with Crippen LogP contribution in [0.3, 0.4) is 0 Å². The molecule has 125 heavy (non-hydrogen) atoms. The minimum absolute atomic E-state index is 0.00379. The fourth-order valence-corrected chi connectivity index (χ4v) is 11.4. The van der Waals surface area contributed by atoms with Gasteiger partial charge in [-0.2, -0.15) is 0 Å². The largest absolute Gasteiger partial charge is 0.508 e. The second kappa shape index (κ2) is 50.1. The van der Waals surface area contributed by atoms with Gasteiger partial charge in [0.2, 0.25) is 11.5 Å². The number of anilines is 1. The Morgan fingerprint density at radius 3 is 1.14 bits per heavy atom. The number of phenolic OH excluding ortho intramolecular Hbond substituents is 7. The molecule has 676 valence electrons. The summed E-state index contributed by atoms with van der Waals surface area (Å²) < 4.78 is 80.2. The summed E-state index contributed by atoms with van der Waals surface area (Å²) in [6, 6.07) is 27.5. The van der Waals surface area contributed by atoms with Crippen molar-refractivity contribution in [3.63, 3.8) is 0 Å².